The maximum absolute atomic E-state index is 5.82. The van der Waals surface area contributed by atoms with Crippen molar-refractivity contribution in [1.29, 1.82) is 0 Å². The molecule has 0 unspecified atom stereocenters. The first-order valence-corrected chi connectivity index (χ1v) is 7.34. The molecule has 0 amide bonds. The van der Waals surface area contributed by atoms with E-state index in [-0.39, 0.29) is 5.54 Å². The number of nitrogens with zero attached hydrogens (tertiary/aromatic N) is 4. The van der Waals surface area contributed by atoms with Crippen LogP contribution >= 0.6 is 0 Å². The summed E-state index contributed by atoms with van der Waals surface area (Å²) < 4.78 is 7.36. The molecule has 1 aromatic heterocycles. The molecule has 0 bridgehead atoms. The van der Waals surface area contributed by atoms with Crippen molar-refractivity contribution < 1.29 is 4.74 Å². The fourth-order valence-corrected chi connectivity index (χ4v) is 2.77. The van der Waals surface area contributed by atoms with Gasteiger partial charge in [-0.25, -0.2) is 4.68 Å². The number of hydrogen-bond donors (Lipinski definition) is 1. The van der Waals surface area contributed by atoms with E-state index in [9.17, 15) is 0 Å². The second kappa shape index (κ2) is 6.11. The molecule has 0 aliphatic carbocycles. The smallest absolute Gasteiger partial charge is 0.186 e. The van der Waals surface area contributed by atoms with Crippen LogP contribution in [0.3, 0.4) is 0 Å². The molecule has 2 N–H and O–H groups in total. The van der Waals surface area contributed by atoms with Gasteiger partial charge in [0.2, 0.25) is 0 Å². The zero-order valence-corrected chi connectivity index (χ0v) is 13.1. The van der Waals surface area contributed by atoms with Crippen LogP contribution in [0.2, 0.25) is 0 Å². The monoisotopic (exact) mass is 289 g/mol. The molecule has 0 saturated heterocycles. The standard InChI is InChI=1S/C15H23N5O/c1-5-15(6-2,7-3)20-14(17-18-19-20)12-9-8-11(16)10-13(12)21-4/h8-10H,5-7,16H2,1-4H3. The number of nitrogens with two attached hydrogens (primary N) is 1. The summed E-state index contributed by atoms with van der Waals surface area (Å²) in [6.07, 6.45) is 2.90. The molecule has 114 valence electrons. The zero-order chi connectivity index (χ0) is 15.5. The summed E-state index contributed by atoms with van der Waals surface area (Å²) in [6, 6.07) is 5.53. The average Bonchev–Trinajstić information content (AvgIpc) is 2.99. The summed E-state index contributed by atoms with van der Waals surface area (Å²) in [5.74, 6) is 1.40. The highest BCUT2D eigenvalue weighted by atomic mass is 16.5. The lowest BCUT2D eigenvalue weighted by atomic mass is 9.89. The van der Waals surface area contributed by atoms with Gasteiger partial charge in [0.15, 0.2) is 5.82 Å². The Labute approximate surface area is 125 Å². The summed E-state index contributed by atoms with van der Waals surface area (Å²) in [7, 11) is 1.62. The molecule has 2 rings (SSSR count). The Balaban J connectivity index is 2.60. The van der Waals surface area contributed by atoms with E-state index < -0.39 is 0 Å². The van der Waals surface area contributed by atoms with E-state index in [0.717, 1.165) is 30.7 Å². The number of hydrogen-bond acceptors (Lipinski definition) is 5. The largest absolute Gasteiger partial charge is 0.496 e. The number of rotatable bonds is 6. The van der Waals surface area contributed by atoms with Gasteiger partial charge in [0.1, 0.15) is 5.75 Å². The molecule has 0 atom stereocenters. The van der Waals surface area contributed by atoms with E-state index in [1.165, 1.54) is 0 Å². The lowest BCUT2D eigenvalue weighted by molar-refractivity contribution is 0.223. The van der Waals surface area contributed by atoms with Gasteiger partial charge in [-0.1, -0.05) is 20.8 Å². The van der Waals surface area contributed by atoms with E-state index in [2.05, 4.69) is 36.3 Å². The van der Waals surface area contributed by atoms with Crippen molar-refractivity contribution in [3.8, 4) is 17.1 Å². The molecular weight excluding hydrogens is 266 g/mol. The van der Waals surface area contributed by atoms with Crippen molar-refractivity contribution in [2.24, 2.45) is 0 Å². The molecule has 6 nitrogen and oxygen atoms in total. The predicted octanol–water partition coefficient (Wildman–Crippen LogP) is 2.86. The first kappa shape index (κ1) is 15.3. The van der Waals surface area contributed by atoms with Crippen LogP contribution in [-0.2, 0) is 5.54 Å². The molecular formula is C15H23N5O. The zero-order valence-electron chi connectivity index (χ0n) is 13.1. The normalized spacial score (nSPS) is 11.6. The summed E-state index contributed by atoms with van der Waals surface area (Å²) in [5, 5.41) is 12.3. The van der Waals surface area contributed by atoms with Crippen LogP contribution in [0.15, 0.2) is 18.2 Å². The number of aromatic nitrogens is 4. The Morgan fingerprint density at radius 1 is 1.19 bits per heavy atom. The number of nitrogen functional groups attached to an aromatic ring is 1. The van der Waals surface area contributed by atoms with Crippen molar-refractivity contribution in [3.63, 3.8) is 0 Å². The lowest BCUT2D eigenvalue weighted by Gasteiger charge is -2.31. The van der Waals surface area contributed by atoms with Crippen molar-refractivity contribution >= 4 is 5.69 Å². The molecule has 0 aliphatic rings. The third-order valence-corrected chi connectivity index (χ3v) is 4.36. The minimum absolute atomic E-state index is 0.0781. The minimum atomic E-state index is -0.0781. The van der Waals surface area contributed by atoms with Gasteiger partial charge in [-0.05, 0) is 41.8 Å². The van der Waals surface area contributed by atoms with Gasteiger partial charge in [-0.2, -0.15) is 0 Å². The second-order valence-electron chi connectivity index (χ2n) is 5.16. The van der Waals surface area contributed by atoms with Gasteiger partial charge in [0, 0.05) is 11.8 Å². The number of methoxy groups -OCH3 is 1. The third kappa shape index (κ3) is 2.57. The molecule has 2 aromatic rings. The van der Waals surface area contributed by atoms with Crippen molar-refractivity contribution in [3.05, 3.63) is 18.2 Å². The molecule has 1 aromatic carbocycles. The van der Waals surface area contributed by atoms with E-state index in [1.54, 1.807) is 13.2 Å². The van der Waals surface area contributed by atoms with E-state index >= 15 is 0 Å². The molecule has 0 spiro atoms. The van der Waals surface area contributed by atoms with Crippen molar-refractivity contribution in [2.75, 3.05) is 12.8 Å². The molecule has 0 aliphatic heterocycles. The Bertz CT molecular complexity index is 596. The van der Waals surface area contributed by atoms with Crippen LogP contribution in [0.1, 0.15) is 40.0 Å². The number of ether oxygens (including phenoxy) is 1. The van der Waals surface area contributed by atoms with Crippen LogP contribution in [0, 0.1) is 0 Å². The van der Waals surface area contributed by atoms with Crippen molar-refractivity contribution in [2.45, 2.75) is 45.6 Å². The van der Waals surface area contributed by atoms with Gasteiger partial charge in [0.05, 0.1) is 18.2 Å². The van der Waals surface area contributed by atoms with Crippen LogP contribution in [0.25, 0.3) is 11.4 Å². The van der Waals surface area contributed by atoms with Crippen LogP contribution in [0.4, 0.5) is 5.69 Å². The number of tetrazole rings is 1. The number of anilines is 1. The highest BCUT2D eigenvalue weighted by molar-refractivity contribution is 5.68. The van der Waals surface area contributed by atoms with Gasteiger partial charge in [-0.15, -0.1) is 5.10 Å². The predicted molar refractivity (Wildman–Crippen MR) is 83.1 cm³/mol. The first-order valence-electron chi connectivity index (χ1n) is 7.34. The van der Waals surface area contributed by atoms with Gasteiger partial charge >= 0.3 is 0 Å². The molecule has 1 heterocycles. The molecule has 21 heavy (non-hydrogen) atoms. The highest BCUT2D eigenvalue weighted by Crippen LogP contribution is 2.35. The molecule has 0 fully saturated rings. The Morgan fingerprint density at radius 2 is 1.86 bits per heavy atom. The average molecular weight is 289 g/mol. The van der Waals surface area contributed by atoms with Crippen molar-refractivity contribution in [1.82, 2.24) is 20.2 Å². The second-order valence-corrected chi connectivity index (χ2v) is 5.16. The maximum atomic E-state index is 5.82. The van der Waals surface area contributed by atoms with Gasteiger partial charge < -0.3 is 10.5 Å². The summed E-state index contributed by atoms with van der Waals surface area (Å²) >= 11 is 0. The maximum Gasteiger partial charge on any atom is 0.186 e. The SMILES string of the molecule is CCC(CC)(CC)n1nnnc1-c1ccc(N)cc1OC. The Morgan fingerprint density at radius 3 is 2.43 bits per heavy atom. The number of benzene rings is 1. The fourth-order valence-electron chi connectivity index (χ4n) is 2.77. The van der Waals surface area contributed by atoms with Crippen LogP contribution in [-0.4, -0.2) is 27.3 Å². The Hall–Kier alpha value is -2.11. The van der Waals surface area contributed by atoms with E-state index in [1.807, 2.05) is 16.8 Å². The highest BCUT2D eigenvalue weighted by Gasteiger charge is 2.31. The summed E-state index contributed by atoms with van der Waals surface area (Å²) in [6.45, 7) is 6.50. The van der Waals surface area contributed by atoms with E-state index in [0.29, 0.717) is 11.4 Å². The van der Waals surface area contributed by atoms with Crippen LogP contribution in [0.5, 0.6) is 5.75 Å². The minimum Gasteiger partial charge on any atom is -0.496 e. The molecule has 6 heteroatoms. The molecule has 0 saturated carbocycles. The van der Waals surface area contributed by atoms with Crippen LogP contribution < -0.4 is 10.5 Å². The summed E-state index contributed by atoms with van der Waals surface area (Å²) in [4.78, 5) is 0. The van der Waals surface area contributed by atoms with E-state index in [4.69, 9.17) is 10.5 Å². The molecule has 0 radical (unpaired) electrons. The Kier molecular flexibility index (Phi) is 4.45. The fraction of sp³-hybridized carbons (Fsp3) is 0.533. The topological polar surface area (TPSA) is 78.9 Å². The third-order valence-electron chi connectivity index (χ3n) is 4.36. The quantitative estimate of drug-likeness (QED) is 0.827. The van der Waals surface area contributed by atoms with Gasteiger partial charge in [0.25, 0.3) is 0 Å². The summed E-state index contributed by atoms with van der Waals surface area (Å²) in [5.41, 5.74) is 7.25. The first-order chi connectivity index (χ1) is 10.1. The lowest BCUT2D eigenvalue weighted by Crippen LogP contribution is -2.33. The van der Waals surface area contributed by atoms with Gasteiger partial charge in [-0.3, -0.25) is 0 Å².